The number of hydrogen-bond donors (Lipinski definition) is 2. The Hall–Kier alpha value is -1.84. The van der Waals surface area contributed by atoms with E-state index < -0.39 is 17.7 Å². The van der Waals surface area contributed by atoms with Crippen LogP contribution in [0.3, 0.4) is 0 Å². The van der Waals surface area contributed by atoms with Crippen molar-refractivity contribution in [1.82, 2.24) is 0 Å². The first-order valence-electron chi connectivity index (χ1n) is 5.21. The van der Waals surface area contributed by atoms with Gasteiger partial charge in [0.2, 0.25) is 11.8 Å². The Bertz CT molecular complexity index is 468. The van der Waals surface area contributed by atoms with Gasteiger partial charge in [-0.3, -0.25) is 9.59 Å². The highest BCUT2D eigenvalue weighted by Gasteiger charge is 2.37. The monoisotopic (exact) mass is 218 g/mol. The van der Waals surface area contributed by atoms with Crippen LogP contribution in [0.25, 0.3) is 0 Å². The standard InChI is InChI=1S/C12H14N2O2/c1-6-3-4-9-8(5-6)10(12(16)14-9)7(2)11(13)15/h3-5,7,10H,1-2H3,(H2,13,15)(H,14,16). The molecule has 2 unspecified atom stereocenters. The van der Waals surface area contributed by atoms with Gasteiger partial charge in [-0.2, -0.15) is 0 Å². The molecule has 16 heavy (non-hydrogen) atoms. The molecule has 1 aromatic carbocycles. The van der Waals surface area contributed by atoms with Crippen molar-refractivity contribution in [2.75, 3.05) is 5.32 Å². The zero-order valence-electron chi connectivity index (χ0n) is 9.28. The molecule has 2 amide bonds. The zero-order chi connectivity index (χ0) is 11.9. The molecule has 1 aromatic rings. The number of rotatable bonds is 2. The number of hydrogen-bond acceptors (Lipinski definition) is 2. The predicted octanol–water partition coefficient (Wildman–Crippen LogP) is 1.15. The van der Waals surface area contributed by atoms with Crippen LogP contribution < -0.4 is 11.1 Å². The summed E-state index contributed by atoms with van der Waals surface area (Å²) in [6, 6.07) is 5.71. The van der Waals surface area contributed by atoms with Gasteiger partial charge in [0, 0.05) is 5.69 Å². The SMILES string of the molecule is Cc1ccc2c(c1)C(C(C)C(N)=O)C(=O)N2. The van der Waals surface area contributed by atoms with Crippen molar-refractivity contribution in [2.24, 2.45) is 11.7 Å². The molecule has 1 heterocycles. The van der Waals surface area contributed by atoms with Crippen LogP contribution in [0, 0.1) is 12.8 Å². The van der Waals surface area contributed by atoms with Gasteiger partial charge in [-0.1, -0.05) is 24.6 Å². The Kier molecular flexibility index (Phi) is 2.42. The van der Waals surface area contributed by atoms with Crippen LogP contribution in [-0.2, 0) is 9.59 Å². The quantitative estimate of drug-likeness (QED) is 0.781. The van der Waals surface area contributed by atoms with Gasteiger partial charge in [0.15, 0.2) is 0 Å². The fraction of sp³-hybridized carbons (Fsp3) is 0.333. The van der Waals surface area contributed by atoms with Gasteiger partial charge in [-0.05, 0) is 18.6 Å². The minimum absolute atomic E-state index is 0.146. The summed E-state index contributed by atoms with van der Waals surface area (Å²) in [4.78, 5) is 22.9. The fourth-order valence-corrected chi connectivity index (χ4v) is 2.07. The number of carbonyl (C=O) groups excluding carboxylic acids is 2. The highest BCUT2D eigenvalue weighted by Crippen LogP contribution is 2.37. The maximum Gasteiger partial charge on any atom is 0.232 e. The summed E-state index contributed by atoms with van der Waals surface area (Å²) in [5.41, 5.74) is 7.98. The number of benzene rings is 1. The number of anilines is 1. The van der Waals surface area contributed by atoms with E-state index in [-0.39, 0.29) is 5.91 Å². The van der Waals surface area contributed by atoms with Gasteiger partial charge in [-0.15, -0.1) is 0 Å². The third-order valence-corrected chi connectivity index (χ3v) is 3.03. The molecule has 0 bridgehead atoms. The van der Waals surface area contributed by atoms with Gasteiger partial charge in [-0.25, -0.2) is 0 Å². The molecule has 0 aromatic heterocycles. The van der Waals surface area contributed by atoms with Crippen LogP contribution >= 0.6 is 0 Å². The maximum atomic E-state index is 11.8. The summed E-state index contributed by atoms with van der Waals surface area (Å²) < 4.78 is 0. The molecule has 3 N–H and O–H groups in total. The van der Waals surface area contributed by atoms with Crippen LogP contribution in [0.4, 0.5) is 5.69 Å². The normalized spacial score (nSPS) is 20.1. The van der Waals surface area contributed by atoms with E-state index in [1.165, 1.54) is 0 Å². The number of aryl methyl sites for hydroxylation is 1. The fourth-order valence-electron chi connectivity index (χ4n) is 2.07. The van der Waals surface area contributed by atoms with Crippen LogP contribution in [-0.4, -0.2) is 11.8 Å². The molecule has 0 radical (unpaired) electrons. The lowest BCUT2D eigenvalue weighted by atomic mass is 9.87. The molecular weight excluding hydrogens is 204 g/mol. The molecule has 0 aliphatic carbocycles. The van der Waals surface area contributed by atoms with Gasteiger partial charge >= 0.3 is 0 Å². The minimum atomic E-state index is -0.483. The summed E-state index contributed by atoms with van der Waals surface area (Å²) in [5, 5.41) is 2.76. The van der Waals surface area contributed by atoms with E-state index in [1.54, 1.807) is 6.92 Å². The predicted molar refractivity (Wildman–Crippen MR) is 60.9 cm³/mol. The highest BCUT2D eigenvalue weighted by molar-refractivity contribution is 6.05. The number of amides is 2. The van der Waals surface area contributed by atoms with Crippen LogP contribution in [0.15, 0.2) is 18.2 Å². The molecular formula is C12H14N2O2. The van der Waals surface area contributed by atoms with Gasteiger partial charge in [0.25, 0.3) is 0 Å². The van der Waals surface area contributed by atoms with Crippen LogP contribution in [0.1, 0.15) is 24.0 Å². The second kappa shape index (κ2) is 3.63. The number of primary amides is 1. The van der Waals surface area contributed by atoms with E-state index in [0.29, 0.717) is 0 Å². The molecule has 4 heteroatoms. The van der Waals surface area contributed by atoms with Gasteiger partial charge < -0.3 is 11.1 Å². The van der Waals surface area contributed by atoms with Crippen molar-refractivity contribution < 1.29 is 9.59 Å². The number of carbonyl (C=O) groups is 2. The number of nitrogens with one attached hydrogen (secondary N) is 1. The van der Waals surface area contributed by atoms with E-state index in [4.69, 9.17) is 5.73 Å². The first kappa shape index (κ1) is 10.7. The molecule has 4 nitrogen and oxygen atoms in total. The Balaban J connectivity index is 2.46. The number of nitrogens with two attached hydrogens (primary N) is 1. The van der Waals surface area contributed by atoms with E-state index in [1.807, 2.05) is 25.1 Å². The molecule has 0 saturated carbocycles. The Morgan fingerprint density at radius 1 is 1.50 bits per heavy atom. The largest absolute Gasteiger partial charge is 0.369 e. The summed E-state index contributed by atoms with van der Waals surface area (Å²) in [6.07, 6.45) is 0. The molecule has 1 aliphatic rings. The average molecular weight is 218 g/mol. The summed E-state index contributed by atoms with van der Waals surface area (Å²) in [5.74, 6) is -1.53. The van der Waals surface area contributed by atoms with Crippen molar-refractivity contribution in [2.45, 2.75) is 19.8 Å². The third kappa shape index (κ3) is 1.56. The lowest BCUT2D eigenvalue weighted by Crippen LogP contribution is -2.30. The van der Waals surface area contributed by atoms with Crippen LogP contribution in [0.5, 0.6) is 0 Å². The van der Waals surface area contributed by atoms with Crippen LogP contribution in [0.2, 0.25) is 0 Å². The van der Waals surface area contributed by atoms with Crippen molar-refractivity contribution in [3.63, 3.8) is 0 Å². The summed E-state index contributed by atoms with van der Waals surface area (Å²) in [6.45, 7) is 3.64. The summed E-state index contributed by atoms with van der Waals surface area (Å²) >= 11 is 0. The van der Waals surface area contributed by atoms with Crippen molar-refractivity contribution >= 4 is 17.5 Å². The van der Waals surface area contributed by atoms with Crippen molar-refractivity contribution in [3.05, 3.63) is 29.3 Å². The first-order valence-corrected chi connectivity index (χ1v) is 5.21. The lowest BCUT2D eigenvalue weighted by Gasteiger charge is -2.14. The van der Waals surface area contributed by atoms with E-state index >= 15 is 0 Å². The molecule has 2 atom stereocenters. The van der Waals surface area contributed by atoms with Gasteiger partial charge in [0.05, 0.1) is 11.8 Å². The van der Waals surface area contributed by atoms with E-state index in [9.17, 15) is 9.59 Å². The second-order valence-electron chi connectivity index (χ2n) is 4.25. The number of fused-ring (bicyclic) bond motifs is 1. The average Bonchev–Trinajstić information content (AvgIpc) is 2.52. The Morgan fingerprint density at radius 3 is 2.81 bits per heavy atom. The topological polar surface area (TPSA) is 72.2 Å². The molecule has 0 spiro atoms. The molecule has 1 aliphatic heterocycles. The van der Waals surface area contributed by atoms with E-state index in [0.717, 1.165) is 16.8 Å². The summed E-state index contributed by atoms with van der Waals surface area (Å²) in [7, 11) is 0. The molecule has 2 rings (SSSR count). The third-order valence-electron chi connectivity index (χ3n) is 3.03. The van der Waals surface area contributed by atoms with E-state index in [2.05, 4.69) is 5.32 Å². The molecule has 0 saturated heterocycles. The zero-order valence-corrected chi connectivity index (χ0v) is 9.28. The van der Waals surface area contributed by atoms with Crippen molar-refractivity contribution in [1.29, 1.82) is 0 Å². The molecule has 0 fully saturated rings. The smallest absolute Gasteiger partial charge is 0.232 e. The van der Waals surface area contributed by atoms with Crippen molar-refractivity contribution in [3.8, 4) is 0 Å². The highest BCUT2D eigenvalue weighted by atomic mass is 16.2. The maximum absolute atomic E-state index is 11.8. The lowest BCUT2D eigenvalue weighted by molar-refractivity contribution is -0.126. The van der Waals surface area contributed by atoms with Gasteiger partial charge in [0.1, 0.15) is 0 Å². The Labute approximate surface area is 93.8 Å². The first-order chi connectivity index (χ1) is 7.50. The minimum Gasteiger partial charge on any atom is -0.369 e. The molecule has 84 valence electrons. The second-order valence-corrected chi connectivity index (χ2v) is 4.25. The Morgan fingerprint density at radius 2 is 2.19 bits per heavy atom.